The van der Waals surface area contributed by atoms with Crippen molar-refractivity contribution in [3.8, 4) is 5.75 Å². The summed E-state index contributed by atoms with van der Waals surface area (Å²) in [4.78, 5) is 0. The fourth-order valence-electron chi connectivity index (χ4n) is 2.59. The second kappa shape index (κ2) is 6.17. The Bertz CT molecular complexity index is 668. The third-order valence-electron chi connectivity index (χ3n) is 3.51. The molecular weight excluding hydrogens is 375 g/mol. The fourth-order valence-corrected chi connectivity index (χ4v) is 3.69. The number of hydrogen-bond acceptors (Lipinski definition) is 2. The molecule has 5 heteroatoms. The minimum Gasteiger partial charge on any atom is -0.493 e. The van der Waals surface area contributed by atoms with Crippen LogP contribution >= 0.6 is 39.1 Å². The van der Waals surface area contributed by atoms with Crippen molar-refractivity contribution in [2.45, 2.75) is 18.9 Å². The zero-order chi connectivity index (χ0) is 15.0. The molecule has 0 bridgehead atoms. The Morgan fingerprint density at radius 1 is 1.14 bits per heavy atom. The minimum atomic E-state index is -0.677. The van der Waals surface area contributed by atoms with Crippen LogP contribution in [0.5, 0.6) is 5.75 Å². The molecule has 1 aliphatic heterocycles. The summed E-state index contributed by atoms with van der Waals surface area (Å²) in [5, 5.41) is 11.5. The summed E-state index contributed by atoms with van der Waals surface area (Å²) in [5.74, 6) is 0.894. The van der Waals surface area contributed by atoms with E-state index in [0.29, 0.717) is 28.6 Å². The molecule has 0 spiro atoms. The van der Waals surface area contributed by atoms with Crippen LogP contribution in [0.25, 0.3) is 0 Å². The molecule has 0 aromatic heterocycles. The van der Waals surface area contributed by atoms with Crippen molar-refractivity contribution in [3.05, 3.63) is 61.5 Å². The highest BCUT2D eigenvalue weighted by molar-refractivity contribution is 9.10. The Kier molecular flexibility index (Phi) is 4.46. The van der Waals surface area contributed by atoms with E-state index in [4.69, 9.17) is 27.9 Å². The molecule has 0 saturated heterocycles. The van der Waals surface area contributed by atoms with E-state index in [0.717, 1.165) is 22.2 Å². The van der Waals surface area contributed by atoms with Gasteiger partial charge in [0.05, 0.1) is 12.7 Å². The van der Waals surface area contributed by atoms with Gasteiger partial charge in [0.25, 0.3) is 0 Å². The molecule has 110 valence electrons. The molecule has 3 rings (SSSR count). The molecule has 1 atom stereocenters. The first-order valence-corrected chi connectivity index (χ1v) is 8.16. The van der Waals surface area contributed by atoms with Gasteiger partial charge in [-0.05, 0) is 47.0 Å². The number of rotatable bonds is 3. The molecule has 2 aromatic rings. The average molecular weight is 388 g/mol. The SMILES string of the molecule is OC(Cc1cc(Br)cc2c1OCC2)c1cc(Cl)cc(Cl)c1. The van der Waals surface area contributed by atoms with Gasteiger partial charge in [-0.2, -0.15) is 0 Å². The Morgan fingerprint density at radius 3 is 2.57 bits per heavy atom. The maximum absolute atomic E-state index is 10.5. The summed E-state index contributed by atoms with van der Waals surface area (Å²) in [6.07, 6.45) is 0.683. The van der Waals surface area contributed by atoms with Crippen molar-refractivity contribution in [1.82, 2.24) is 0 Å². The summed E-state index contributed by atoms with van der Waals surface area (Å²) in [6.45, 7) is 0.692. The molecule has 1 N–H and O–H groups in total. The topological polar surface area (TPSA) is 29.5 Å². The van der Waals surface area contributed by atoms with Gasteiger partial charge in [0, 0.05) is 27.4 Å². The van der Waals surface area contributed by atoms with Crippen LogP contribution in [-0.4, -0.2) is 11.7 Å². The van der Waals surface area contributed by atoms with Gasteiger partial charge in [0.1, 0.15) is 5.75 Å². The Morgan fingerprint density at radius 2 is 1.86 bits per heavy atom. The normalized spacial score (nSPS) is 14.7. The van der Waals surface area contributed by atoms with Gasteiger partial charge < -0.3 is 9.84 Å². The molecule has 0 radical (unpaired) electrons. The summed E-state index contributed by atoms with van der Waals surface area (Å²) in [6, 6.07) is 9.17. The number of aliphatic hydroxyl groups is 1. The van der Waals surface area contributed by atoms with Crippen LogP contribution in [0.4, 0.5) is 0 Å². The highest BCUT2D eigenvalue weighted by atomic mass is 79.9. The van der Waals surface area contributed by atoms with E-state index in [2.05, 4.69) is 22.0 Å². The lowest BCUT2D eigenvalue weighted by atomic mass is 9.99. The van der Waals surface area contributed by atoms with E-state index >= 15 is 0 Å². The Hall–Kier alpha value is -0.740. The van der Waals surface area contributed by atoms with Crippen molar-refractivity contribution in [2.75, 3.05) is 6.61 Å². The van der Waals surface area contributed by atoms with Crippen LogP contribution in [-0.2, 0) is 12.8 Å². The predicted octanol–water partition coefficient (Wildman–Crippen LogP) is 4.97. The van der Waals surface area contributed by atoms with Crippen molar-refractivity contribution in [3.63, 3.8) is 0 Å². The number of aliphatic hydroxyl groups excluding tert-OH is 1. The van der Waals surface area contributed by atoms with Gasteiger partial charge in [-0.3, -0.25) is 0 Å². The summed E-state index contributed by atoms with van der Waals surface area (Å²) in [7, 11) is 0. The molecule has 1 heterocycles. The largest absolute Gasteiger partial charge is 0.493 e. The van der Waals surface area contributed by atoms with E-state index in [1.807, 2.05) is 6.07 Å². The number of halogens is 3. The van der Waals surface area contributed by atoms with Gasteiger partial charge in [-0.25, -0.2) is 0 Å². The first-order chi connectivity index (χ1) is 10.0. The summed E-state index contributed by atoms with van der Waals surface area (Å²) >= 11 is 15.5. The summed E-state index contributed by atoms with van der Waals surface area (Å²) < 4.78 is 6.68. The standard InChI is InChI=1S/C16H13BrCl2O2/c17-12-3-9-1-2-21-16(9)11(4-12)7-15(20)10-5-13(18)8-14(19)6-10/h3-6,8,15,20H,1-2,7H2. The minimum absolute atomic E-state index is 0.457. The van der Waals surface area contributed by atoms with Crippen LogP contribution < -0.4 is 4.74 Å². The molecule has 0 aliphatic carbocycles. The lowest BCUT2D eigenvalue weighted by Crippen LogP contribution is -2.03. The number of fused-ring (bicyclic) bond motifs is 1. The van der Waals surface area contributed by atoms with Crippen LogP contribution in [0, 0.1) is 0 Å². The molecule has 1 unspecified atom stereocenters. The smallest absolute Gasteiger partial charge is 0.125 e. The van der Waals surface area contributed by atoms with Crippen LogP contribution in [0.2, 0.25) is 10.0 Å². The fraction of sp³-hybridized carbons (Fsp3) is 0.250. The molecule has 2 nitrogen and oxygen atoms in total. The first kappa shape index (κ1) is 15.2. The van der Waals surface area contributed by atoms with E-state index in [9.17, 15) is 5.11 Å². The zero-order valence-electron chi connectivity index (χ0n) is 11.1. The quantitative estimate of drug-likeness (QED) is 0.805. The van der Waals surface area contributed by atoms with Gasteiger partial charge in [0.15, 0.2) is 0 Å². The molecule has 0 saturated carbocycles. The third-order valence-corrected chi connectivity index (χ3v) is 4.40. The number of hydrogen-bond donors (Lipinski definition) is 1. The molecule has 2 aromatic carbocycles. The van der Waals surface area contributed by atoms with Crippen LogP contribution in [0.1, 0.15) is 22.8 Å². The predicted molar refractivity (Wildman–Crippen MR) is 88.5 cm³/mol. The average Bonchev–Trinajstić information content (AvgIpc) is 2.85. The molecule has 1 aliphatic rings. The van der Waals surface area contributed by atoms with E-state index in [-0.39, 0.29) is 0 Å². The third kappa shape index (κ3) is 3.37. The Labute approximate surface area is 141 Å². The second-order valence-corrected chi connectivity index (χ2v) is 6.86. The lowest BCUT2D eigenvalue weighted by molar-refractivity contribution is 0.177. The molecule has 0 fully saturated rings. The second-order valence-electron chi connectivity index (χ2n) is 5.07. The maximum Gasteiger partial charge on any atom is 0.125 e. The lowest BCUT2D eigenvalue weighted by Gasteiger charge is -2.15. The van der Waals surface area contributed by atoms with Crippen molar-refractivity contribution >= 4 is 39.1 Å². The van der Waals surface area contributed by atoms with Crippen LogP contribution in [0.3, 0.4) is 0 Å². The zero-order valence-corrected chi connectivity index (χ0v) is 14.2. The van der Waals surface area contributed by atoms with Gasteiger partial charge in [-0.1, -0.05) is 39.1 Å². The monoisotopic (exact) mass is 386 g/mol. The van der Waals surface area contributed by atoms with Gasteiger partial charge in [0.2, 0.25) is 0 Å². The van der Waals surface area contributed by atoms with Gasteiger partial charge in [-0.15, -0.1) is 0 Å². The summed E-state index contributed by atoms with van der Waals surface area (Å²) in [5.41, 5.74) is 2.87. The van der Waals surface area contributed by atoms with Gasteiger partial charge >= 0.3 is 0 Å². The first-order valence-electron chi connectivity index (χ1n) is 6.61. The van der Waals surface area contributed by atoms with E-state index in [1.165, 1.54) is 5.56 Å². The van der Waals surface area contributed by atoms with E-state index in [1.54, 1.807) is 18.2 Å². The van der Waals surface area contributed by atoms with Crippen molar-refractivity contribution < 1.29 is 9.84 Å². The number of benzene rings is 2. The van der Waals surface area contributed by atoms with Crippen LogP contribution in [0.15, 0.2) is 34.8 Å². The van der Waals surface area contributed by atoms with Crippen molar-refractivity contribution in [1.29, 1.82) is 0 Å². The molecular formula is C16H13BrCl2O2. The molecule has 21 heavy (non-hydrogen) atoms. The maximum atomic E-state index is 10.5. The highest BCUT2D eigenvalue weighted by Crippen LogP contribution is 2.36. The number of ether oxygens (including phenoxy) is 1. The van der Waals surface area contributed by atoms with E-state index < -0.39 is 6.10 Å². The molecule has 0 amide bonds. The van der Waals surface area contributed by atoms with Crippen molar-refractivity contribution in [2.24, 2.45) is 0 Å². The Balaban J connectivity index is 1.90. The highest BCUT2D eigenvalue weighted by Gasteiger charge is 2.20.